The summed E-state index contributed by atoms with van der Waals surface area (Å²) >= 11 is 1.39. The zero-order valence-corrected chi connectivity index (χ0v) is 24.2. The fraction of sp³-hybridized carbons (Fsp3) is 0.259. The molecule has 0 unspecified atom stereocenters. The Morgan fingerprint density at radius 3 is 2.33 bits per heavy atom. The molecule has 2 aromatic heterocycles. The molecule has 0 saturated heterocycles. The SMILES string of the molecule is C[C@H](NC(=O)[C@H](Cc1ccc(OP(=O)(O)O)cc1)NC(=O)Cc1cccs1)c1nc(Cc2ccc(C(F)(F)F)cc2)no1. The maximum absolute atomic E-state index is 13.3. The van der Waals surface area contributed by atoms with Crippen LogP contribution in [0.5, 0.6) is 5.75 Å². The van der Waals surface area contributed by atoms with E-state index in [-0.39, 0.29) is 36.7 Å². The Morgan fingerprint density at radius 2 is 1.72 bits per heavy atom. The van der Waals surface area contributed by atoms with E-state index in [9.17, 15) is 27.3 Å². The Kier molecular flexibility index (Phi) is 10.0. The van der Waals surface area contributed by atoms with Crippen molar-refractivity contribution in [3.8, 4) is 5.75 Å². The number of carbonyl (C=O) groups is 2. The number of amides is 2. The van der Waals surface area contributed by atoms with Crippen LogP contribution in [-0.2, 0) is 39.6 Å². The number of carbonyl (C=O) groups excluding carboxylic acids is 2. The number of halogens is 3. The first-order valence-electron chi connectivity index (χ1n) is 12.7. The first kappa shape index (κ1) is 31.9. The number of hydrogen-bond acceptors (Lipinski definition) is 8. The number of aromatic nitrogens is 2. The van der Waals surface area contributed by atoms with Crippen LogP contribution in [0.2, 0.25) is 0 Å². The molecule has 2 amide bonds. The Balaban J connectivity index is 1.42. The smallest absolute Gasteiger partial charge is 0.404 e. The number of phosphoric ester groups is 1. The number of thiophene rings is 1. The number of nitrogens with one attached hydrogen (secondary N) is 2. The normalized spacial score (nSPS) is 13.3. The Hall–Kier alpha value is -4.04. The van der Waals surface area contributed by atoms with Crippen LogP contribution in [0, 0.1) is 0 Å². The average molecular weight is 639 g/mol. The molecule has 0 spiro atoms. The molecule has 2 aromatic carbocycles. The summed E-state index contributed by atoms with van der Waals surface area (Å²) in [6.45, 7) is 1.59. The summed E-state index contributed by atoms with van der Waals surface area (Å²) in [6, 6.07) is 12.0. The molecular weight excluding hydrogens is 612 g/mol. The molecule has 0 aliphatic heterocycles. The molecule has 11 nitrogen and oxygen atoms in total. The van der Waals surface area contributed by atoms with Crippen LogP contribution in [0.4, 0.5) is 13.2 Å². The van der Waals surface area contributed by atoms with Crippen molar-refractivity contribution in [1.29, 1.82) is 0 Å². The van der Waals surface area contributed by atoms with Gasteiger partial charge >= 0.3 is 14.0 Å². The fourth-order valence-electron chi connectivity index (χ4n) is 3.97. The molecule has 0 saturated carbocycles. The van der Waals surface area contributed by atoms with Gasteiger partial charge < -0.3 is 19.7 Å². The highest BCUT2D eigenvalue weighted by molar-refractivity contribution is 7.46. The molecule has 0 aliphatic carbocycles. The number of hydrogen-bond donors (Lipinski definition) is 4. The van der Waals surface area contributed by atoms with Crippen molar-refractivity contribution in [3.63, 3.8) is 0 Å². The van der Waals surface area contributed by atoms with Gasteiger partial charge in [0.2, 0.25) is 17.7 Å². The number of benzene rings is 2. The molecule has 4 rings (SSSR count). The van der Waals surface area contributed by atoms with E-state index >= 15 is 0 Å². The molecule has 0 aliphatic rings. The quantitative estimate of drug-likeness (QED) is 0.165. The Labute approximate surface area is 247 Å². The summed E-state index contributed by atoms with van der Waals surface area (Å²) in [5.41, 5.74) is 0.325. The third-order valence-electron chi connectivity index (χ3n) is 6.01. The number of rotatable bonds is 12. The molecule has 4 aromatic rings. The van der Waals surface area contributed by atoms with Gasteiger partial charge in [0.05, 0.1) is 12.0 Å². The number of nitrogens with zero attached hydrogens (tertiary/aromatic N) is 2. The largest absolute Gasteiger partial charge is 0.524 e. The van der Waals surface area contributed by atoms with Crippen molar-refractivity contribution in [2.45, 2.75) is 44.4 Å². The molecule has 0 radical (unpaired) electrons. The lowest BCUT2D eigenvalue weighted by atomic mass is 10.0. The van der Waals surface area contributed by atoms with E-state index < -0.39 is 43.5 Å². The first-order chi connectivity index (χ1) is 20.2. The number of phosphoric acid groups is 1. The lowest BCUT2D eigenvalue weighted by molar-refractivity contribution is -0.137. The summed E-state index contributed by atoms with van der Waals surface area (Å²) in [5.74, 6) is -0.776. The minimum atomic E-state index is -4.75. The van der Waals surface area contributed by atoms with Crippen LogP contribution < -0.4 is 15.2 Å². The van der Waals surface area contributed by atoms with E-state index in [0.717, 1.165) is 17.0 Å². The van der Waals surface area contributed by atoms with Gasteiger partial charge in [-0.15, -0.1) is 11.3 Å². The summed E-state index contributed by atoms with van der Waals surface area (Å²) in [6.07, 6.45) is -4.25. The van der Waals surface area contributed by atoms with Gasteiger partial charge in [0.25, 0.3) is 0 Å². The van der Waals surface area contributed by atoms with Crippen molar-refractivity contribution in [2.75, 3.05) is 0 Å². The summed E-state index contributed by atoms with van der Waals surface area (Å²) in [5, 5.41) is 11.1. The minimum absolute atomic E-state index is 0.0356. The predicted molar refractivity (Wildman–Crippen MR) is 148 cm³/mol. The topological polar surface area (TPSA) is 164 Å². The highest BCUT2D eigenvalue weighted by Gasteiger charge is 2.30. The molecule has 43 heavy (non-hydrogen) atoms. The summed E-state index contributed by atoms with van der Waals surface area (Å²) in [4.78, 5) is 49.1. The van der Waals surface area contributed by atoms with Crippen molar-refractivity contribution in [1.82, 2.24) is 20.8 Å². The third-order valence-corrected chi connectivity index (χ3v) is 7.34. The highest BCUT2D eigenvalue weighted by atomic mass is 32.1. The zero-order valence-electron chi connectivity index (χ0n) is 22.4. The van der Waals surface area contributed by atoms with Crippen molar-refractivity contribution in [2.24, 2.45) is 0 Å². The van der Waals surface area contributed by atoms with E-state index in [1.165, 1.54) is 47.7 Å². The molecule has 16 heteroatoms. The van der Waals surface area contributed by atoms with Gasteiger partial charge in [0.1, 0.15) is 17.8 Å². The van der Waals surface area contributed by atoms with Crippen LogP contribution >= 0.6 is 19.2 Å². The Morgan fingerprint density at radius 1 is 1.05 bits per heavy atom. The van der Waals surface area contributed by atoms with Crippen molar-refractivity contribution in [3.05, 3.63) is 99.3 Å². The molecule has 0 bridgehead atoms. The van der Waals surface area contributed by atoms with Gasteiger partial charge in [-0.25, -0.2) is 4.57 Å². The second kappa shape index (κ2) is 13.5. The van der Waals surface area contributed by atoms with Crippen LogP contribution in [0.3, 0.4) is 0 Å². The monoisotopic (exact) mass is 638 g/mol. The molecular formula is C27H26F3N4O7PS. The lowest BCUT2D eigenvalue weighted by Crippen LogP contribution is -2.49. The molecule has 4 N–H and O–H groups in total. The van der Waals surface area contributed by atoms with E-state index in [1.807, 2.05) is 5.38 Å². The summed E-state index contributed by atoms with van der Waals surface area (Å²) < 4.78 is 59.3. The van der Waals surface area contributed by atoms with Crippen molar-refractivity contribution >= 4 is 31.0 Å². The molecule has 2 heterocycles. The Bertz CT molecular complexity index is 1570. The van der Waals surface area contributed by atoms with Crippen LogP contribution in [0.25, 0.3) is 0 Å². The van der Waals surface area contributed by atoms with Crippen molar-refractivity contribution < 1.29 is 46.2 Å². The maximum Gasteiger partial charge on any atom is 0.524 e. The summed E-state index contributed by atoms with van der Waals surface area (Å²) in [7, 11) is -4.75. The zero-order chi connectivity index (χ0) is 31.2. The standard InChI is InChI=1S/C27H26F3N4O7PS/c1-16(26-33-23(34-40-26)14-18-4-8-19(9-5-18)27(28,29)30)31-25(36)22(32-24(35)15-21-3-2-12-43-21)13-17-6-10-20(11-7-17)41-42(37,38)39/h2-12,16,22H,13-15H2,1H3,(H,31,36)(H,32,35)(H2,37,38,39)/t16-,22-/m0/s1. The average Bonchev–Trinajstić information content (AvgIpc) is 3.61. The van der Waals surface area contributed by atoms with E-state index in [1.54, 1.807) is 19.1 Å². The van der Waals surface area contributed by atoms with E-state index in [0.29, 0.717) is 11.1 Å². The third kappa shape index (κ3) is 9.75. The van der Waals surface area contributed by atoms with Crippen LogP contribution in [0.1, 0.15) is 46.2 Å². The number of alkyl halides is 3. The second-order valence-corrected chi connectivity index (χ2v) is 11.7. The van der Waals surface area contributed by atoms with Gasteiger partial charge in [0, 0.05) is 17.7 Å². The van der Waals surface area contributed by atoms with E-state index in [2.05, 4.69) is 25.3 Å². The first-order valence-corrected chi connectivity index (χ1v) is 15.1. The predicted octanol–water partition coefficient (Wildman–Crippen LogP) is 4.36. The van der Waals surface area contributed by atoms with Crippen LogP contribution in [0.15, 0.2) is 70.6 Å². The van der Waals surface area contributed by atoms with Gasteiger partial charge in [-0.2, -0.15) is 18.2 Å². The van der Waals surface area contributed by atoms with E-state index in [4.69, 9.17) is 14.3 Å². The molecule has 2 atom stereocenters. The van der Waals surface area contributed by atoms with Gasteiger partial charge in [-0.1, -0.05) is 35.5 Å². The van der Waals surface area contributed by atoms with Crippen LogP contribution in [-0.4, -0.2) is 37.8 Å². The maximum atomic E-state index is 13.3. The fourth-order valence-corrected chi connectivity index (χ4v) is 5.07. The minimum Gasteiger partial charge on any atom is -0.404 e. The van der Waals surface area contributed by atoms with Gasteiger partial charge in [-0.05, 0) is 53.8 Å². The second-order valence-electron chi connectivity index (χ2n) is 9.46. The highest BCUT2D eigenvalue weighted by Crippen LogP contribution is 2.37. The van der Waals surface area contributed by atoms with Gasteiger partial charge in [-0.3, -0.25) is 19.4 Å². The molecule has 0 fully saturated rings. The molecule has 228 valence electrons. The van der Waals surface area contributed by atoms with Gasteiger partial charge in [0.15, 0.2) is 5.82 Å². The lowest BCUT2D eigenvalue weighted by Gasteiger charge is -2.20.